The van der Waals surface area contributed by atoms with Crippen LogP contribution in [0.15, 0.2) is 24.5 Å². The number of aromatic amines is 1. The van der Waals surface area contributed by atoms with Crippen LogP contribution in [-0.2, 0) is 0 Å². The molecule has 2 aromatic rings. The monoisotopic (exact) mass is 184 g/mol. The number of aryl methyl sites for hydroxylation is 1. The number of imidazole rings is 1. The molecule has 0 unspecified atom stereocenters. The molecule has 4 heteroatoms. The van der Waals surface area contributed by atoms with E-state index in [4.69, 9.17) is 5.26 Å². The molecule has 2 aromatic heterocycles. The summed E-state index contributed by atoms with van der Waals surface area (Å²) in [4.78, 5) is 11.0. The second kappa shape index (κ2) is 3.30. The fourth-order valence-electron chi connectivity index (χ4n) is 1.30. The van der Waals surface area contributed by atoms with Crippen LogP contribution in [0.3, 0.4) is 0 Å². The third-order valence-electron chi connectivity index (χ3n) is 1.93. The second-order valence-corrected chi connectivity index (χ2v) is 2.91. The summed E-state index contributed by atoms with van der Waals surface area (Å²) in [7, 11) is 0. The lowest BCUT2D eigenvalue weighted by atomic mass is 10.2. The van der Waals surface area contributed by atoms with E-state index in [2.05, 4.69) is 15.0 Å². The van der Waals surface area contributed by atoms with E-state index in [9.17, 15) is 0 Å². The normalized spacial score (nSPS) is 9.71. The molecule has 0 saturated heterocycles. The first-order chi connectivity index (χ1) is 6.81. The third kappa shape index (κ3) is 1.36. The van der Waals surface area contributed by atoms with Gasteiger partial charge >= 0.3 is 0 Å². The average Bonchev–Trinajstić information content (AvgIpc) is 2.61. The number of aromatic nitrogens is 3. The van der Waals surface area contributed by atoms with E-state index >= 15 is 0 Å². The minimum absolute atomic E-state index is 0.335. The predicted molar refractivity (Wildman–Crippen MR) is 51.3 cm³/mol. The Kier molecular flexibility index (Phi) is 1.99. The van der Waals surface area contributed by atoms with Crippen molar-refractivity contribution in [2.75, 3.05) is 0 Å². The molecular formula is C10H8N4. The van der Waals surface area contributed by atoms with Gasteiger partial charge in [0.2, 0.25) is 5.82 Å². The Labute approximate surface area is 81.3 Å². The average molecular weight is 184 g/mol. The highest BCUT2D eigenvalue weighted by atomic mass is 14.9. The molecule has 1 N–H and O–H groups in total. The highest BCUT2D eigenvalue weighted by Crippen LogP contribution is 2.19. The molecule has 0 saturated carbocycles. The maximum atomic E-state index is 8.66. The van der Waals surface area contributed by atoms with Gasteiger partial charge in [-0.2, -0.15) is 5.26 Å². The van der Waals surface area contributed by atoms with Gasteiger partial charge in [0.1, 0.15) is 6.07 Å². The van der Waals surface area contributed by atoms with Crippen molar-refractivity contribution in [2.45, 2.75) is 6.92 Å². The maximum absolute atomic E-state index is 8.66. The van der Waals surface area contributed by atoms with Gasteiger partial charge in [-0.15, -0.1) is 0 Å². The van der Waals surface area contributed by atoms with Crippen molar-refractivity contribution in [3.05, 3.63) is 36.0 Å². The zero-order chi connectivity index (χ0) is 9.97. The first-order valence-corrected chi connectivity index (χ1v) is 4.18. The molecule has 0 aliphatic heterocycles. The van der Waals surface area contributed by atoms with Crippen LogP contribution in [-0.4, -0.2) is 15.0 Å². The number of pyridine rings is 1. The number of nitriles is 1. The predicted octanol–water partition coefficient (Wildman–Crippen LogP) is 1.65. The van der Waals surface area contributed by atoms with Gasteiger partial charge in [0.15, 0.2) is 0 Å². The van der Waals surface area contributed by atoms with Crippen molar-refractivity contribution in [3.8, 4) is 17.3 Å². The first kappa shape index (κ1) is 8.45. The number of H-pyrrole nitrogens is 1. The first-order valence-electron chi connectivity index (χ1n) is 4.18. The van der Waals surface area contributed by atoms with Crippen LogP contribution < -0.4 is 0 Å². The van der Waals surface area contributed by atoms with E-state index in [0.29, 0.717) is 5.82 Å². The van der Waals surface area contributed by atoms with E-state index in [1.807, 2.05) is 25.1 Å². The SMILES string of the molecule is Cc1[nH]c(C#N)nc1-c1cccnc1. The van der Waals surface area contributed by atoms with Gasteiger partial charge in [-0.3, -0.25) is 4.98 Å². The number of nitrogens with zero attached hydrogens (tertiary/aromatic N) is 3. The van der Waals surface area contributed by atoms with Crippen molar-refractivity contribution in [1.29, 1.82) is 5.26 Å². The summed E-state index contributed by atoms with van der Waals surface area (Å²) in [6, 6.07) is 5.73. The maximum Gasteiger partial charge on any atom is 0.210 e. The van der Waals surface area contributed by atoms with Crippen molar-refractivity contribution in [1.82, 2.24) is 15.0 Å². The lowest BCUT2D eigenvalue weighted by Crippen LogP contribution is -1.81. The van der Waals surface area contributed by atoms with Crippen LogP contribution in [0.2, 0.25) is 0 Å². The van der Waals surface area contributed by atoms with Crippen molar-refractivity contribution >= 4 is 0 Å². The molecule has 0 bridgehead atoms. The fraction of sp³-hybridized carbons (Fsp3) is 0.100. The van der Waals surface area contributed by atoms with Gasteiger partial charge in [-0.05, 0) is 19.1 Å². The van der Waals surface area contributed by atoms with Crippen LogP contribution in [0.5, 0.6) is 0 Å². The molecule has 68 valence electrons. The molecule has 0 radical (unpaired) electrons. The Bertz CT molecular complexity index is 479. The molecular weight excluding hydrogens is 176 g/mol. The van der Waals surface area contributed by atoms with E-state index in [-0.39, 0.29) is 0 Å². The summed E-state index contributed by atoms with van der Waals surface area (Å²) in [5.74, 6) is 0.335. The van der Waals surface area contributed by atoms with Crippen LogP contribution in [0.25, 0.3) is 11.3 Å². The largest absolute Gasteiger partial charge is 0.333 e. The van der Waals surface area contributed by atoms with Crippen molar-refractivity contribution in [3.63, 3.8) is 0 Å². The highest BCUT2D eigenvalue weighted by Gasteiger charge is 2.07. The number of hydrogen-bond donors (Lipinski definition) is 1. The number of hydrogen-bond acceptors (Lipinski definition) is 3. The molecule has 0 fully saturated rings. The lowest BCUT2D eigenvalue weighted by Gasteiger charge is -1.95. The Morgan fingerprint density at radius 2 is 2.36 bits per heavy atom. The van der Waals surface area contributed by atoms with E-state index in [1.54, 1.807) is 12.4 Å². The summed E-state index contributed by atoms with van der Waals surface area (Å²) < 4.78 is 0. The molecule has 2 heterocycles. The summed E-state index contributed by atoms with van der Waals surface area (Å²) in [5.41, 5.74) is 2.59. The topological polar surface area (TPSA) is 65.4 Å². The quantitative estimate of drug-likeness (QED) is 0.732. The Balaban J connectivity index is 2.53. The molecule has 0 spiro atoms. The zero-order valence-corrected chi connectivity index (χ0v) is 7.65. The van der Waals surface area contributed by atoms with Gasteiger partial charge in [0, 0.05) is 23.7 Å². The summed E-state index contributed by atoms with van der Waals surface area (Å²) in [5, 5.41) is 8.66. The van der Waals surface area contributed by atoms with E-state index in [1.165, 1.54) is 0 Å². The Morgan fingerprint density at radius 3 is 2.93 bits per heavy atom. The molecule has 2 rings (SSSR count). The minimum Gasteiger partial charge on any atom is -0.333 e. The summed E-state index contributed by atoms with van der Waals surface area (Å²) >= 11 is 0. The van der Waals surface area contributed by atoms with E-state index < -0.39 is 0 Å². The van der Waals surface area contributed by atoms with Gasteiger partial charge in [0.25, 0.3) is 0 Å². The van der Waals surface area contributed by atoms with Crippen molar-refractivity contribution < 1.29 is 0 Å². The molecule has 0 amide bonds. The fourth-order valence-corrected chi connectivity index (χ4v) is 1.30. The van der Waals surface area contributed by atoms with Gasteiger partial charge in [-0.1, -0.05) is 0 Å². The molecule has 0 aliphatic rings. The Hall–Kier alpha value is -2.15. The standard InChI is InChI=1S/C10H8N4/c1-7-10(14-9(5-11)13-7)8-3-2-4-12-6-8/h2-4,6H,1H3,(H,13,14). The third-order valence-corrected chi connectivity index (χ3v) is 1.93. The van der Waals surface area contributed by atoms with Crippen LogP contribution in [0.4, 0.5) is 0 Å². The molecule has 0 atom stereocenters. The van der Waals surface area contributed by atoms with Gasteiger partial charge < -0.3 is 4.98 Å². The summed E-state index contributed by atoms with van der Waals surface area (Å²) in [6.07, 6.45) is 3.43. The van der Waals surface area contributed by atoms with Gasteiger partial charge in [-0.25, -0.2) is 4.98 Å². The van der Waals surface area contributed by atoms with Crippen LogP contribution >= 0.6 is 0 Å². The zero-order valence-electron chi connectivity index (χ0n) is 7.65. The lowest BCUT2D eigenvalue weighted by molar-refractivity contribution is 1.20. The Morgan fingerprint density at radius 1 is 1.50 bits per heavy atom. The number of rotatable bonds is 1. The molecule has 0 aliphatic carbocycles. The second-order valence-electron chi connectivity index (χ2n) is 2.91. The minimum atomic E-state index is 0.335. The number of nitrogens with one attached hydrogen (secondary N) is 1. The van der Waals surface area contributed by atoms with Gasteiger partial charge in [0.05, 0.1) is 5.69 Å². The smallest absolute Gasteiger partial charge is 0.210 e. The molecule has 4 nitrogen and oxygen atoms in total. The molecule has 0 aromatic carbocycles. The molecule has 14 heavy (non-hydrogen) atoms. The van der Waals surface area contributed by atoms with Crippen LogP contribution in [0, 0.1) is 18.3 Å². The van der Waals surface area contributed by atoms with E-state index in [0.717, 1.165) is 17.0 Å². The highest BCUT2D eigenvalue weighted by molar-refractivity contribution is 5.61. The summed E-state index contributed by atoms with van der Waals surface area (Å²) in [6.45, 7) is 1.89. The van der Waals surface area contributed by atoms with Crippen molar-refractivity contribution in [2.24, 2.45) is 0 Å². The van der Waals surface area contributed by atoms with Crippen LogP contribution in [0.1, 0.15) is 11.5 Å².